The predicted molar refractivity (Wildman–Crippen MR) is 564 cm³/mol. The van der Waals surface area contributed by atoms with Gasteiger partial charge in [-0.3, -0.25) is 26.4 Å². The van der Waals surface area contributed by atoms with Gasteiger partial charge in [-0.2, -0.15) is 13.2 Å². The Morgan fingerprint density at radius 2 is 0.604 bits per heavy atom. The van der Waals surface area contributed by atoms with E-state index in [-0.39, 0.29) is 10.8 Å². The summed E-state index contributed by atoms with van der Waals surface area (Å²) in [5.74, 6) is 5.11. The number of fused-ring (bicyclic) bond motifs is 6. The Labute approximate surface area is 841 Å². The fourth-order valence-corrected chi connectivity index (χ4v) is 21.3. The maximum atomic E-state index is 14.8. The predicted octanol–water partition coefficient (Wildman–Crippen LogP) is 31.9. The largest absolute Gasteiger partial charge is 0.416 e. The van der Waals surface area contributed by atoms with Gasteiger partial charge in [0.05, 0.1) is 26.2 Å². The van der Waals surface area contributed by atoms with E-state index in [2.05, 4.69) is 171 Å². The summed E-state index contributed by atoms with van der Waals surface area (Å²) >= 11 is 31.7. The topological polar surface area (TPSA) is 176 Å². The first-order valence-electron chi connectivity index (χ1n) is 48.2. The van der Waals surface area contributed by atoms with Crippen molar-refractivity contribution in [3.8, 4) is 67.5 Å². The molecule has 0 saturated heterocycles. The van der Waals surface area contributed by atoms with Crippen molar-refractivity contribution in [1.29, 1.82) is 0 Å². The molecule has 12 aromatic heterocycles. The molecule has 714 valence electrons. The molecule has 18 aromatic rings. The maximum absolute atomic E-state index is 14.8. The lowest BCUT2D eigenvalue weighted by atomic mass is 10.1. The SMILES string of the molecule is Brc1ccc(-c2nc3ccccn3c2NC2CCCC2)cc1.Brc1cccc(-c2nc3ccccn3c2NC2CCCC2)c1.Cc1ccc(Cl)c(-c2nc3ccccn3c2NC2CCCC2)c1F.Clc1ccc(-c2nc3ccccn3c2NC2CCCC2)c(Cl)c1.FC(F)(F)c1ccc(-c2nc3ccccn3c2NC2CCCC2)cc1.Fc1cc(-c2nc3ccccn3c2NC2CCCC2)ccc1Cl. The summed E-state index contributed by atoms with van der Waals surface area (Å²) in [6.45, 7) is 1.75. The van der Waals surface area contributed by atoms with Crippen LogP contribution >= 0.6 is 78.3 Å². The zero-order chi connectivity index (χ0) is 95.6. The summed E-state index contributed by atoms with van der Waals surface area (Å²) in [7, 11) is 0. The molecule has 18 nitrogen and oxygen atoms in total. The lowest BCUT2D eigenvalue weighted by Crippen LogP contribution is -2.16. The normalized spacial score (nSPS) is 15.5. The Morgan fingerprint density at radius 1 is 0.295 bits per heavy atom. The number of nitrogens with zero attached hydrogens (tertiary/aromatic N) is 12. The van der Waals surface area contributed by atoms with E-state index >= 15 is 0 Å². The molecule has 6 aromatic carbocycles. The summed E-state index contributed by atoms with van der Waals surface area (Å²) in [5.41, 5.74) is 15.2. The number of pyridine rings is 6. The number of nitrogens with one attached hydrogen (secondary N) is 6. The average Bonchev–Trinajstić information content (AvgIpc) is 1.66. The molecule has 0 amide bonds. The third-order valence-corrected chi connectivity index (χ3v) is 29.1. The van der Waals surface area contributed by atoms with Gasteiger partial charge in [0.2, 0.25) is 0 Å². The van der Waals surface area contributed by atoms with Crippen LogP contribution in [0, 0.1) is 18.6 Å². The van der Waals surface area contributed by atoms with E-state index in [1.165, 1.54) is 134 Å². The summed E-state index contributed by atoms with van der Waals surface area (Å²) in [6, 6.07) is 74.3. The molecule has 29 heteroatoms. The smallest absolute Gasteiger partial charge is 0.367 e. The molecule has 0 bridgehead atoms. The quantitative estimate of drug-likeness (QED) is 0.0449. The van der Waals surface area contributed by atoms with Gasteiger partial charge in [0.15, 0.2) is 0 Å². The highest BCUT2D eigenvalue weighted by Gasteiger charge is 2.33. The number of hydrogen-bond acceptors (Lipinski definition) is 12. The van der Waals surface area contributed by atoms with Crippen LogP contribution in [0.25, 0.3) is 101 Å². The highest BCUT2D eigenvalue weighted by Crippen LogP contribution is 2.44. The molecule has 6 aliphatic carbocycles. The highest BCUT2D eigenvalue weighted by atomic mass is 79.9. The minimum atomic E-state index is -4.33. The van der Waals surface area contributed by atoms with Crippen LogP contribution in [-0.2, 0) is 6.18 Å². The van der Waals surface area contributed by atoms with Crippen LogP contribution in [0.5, 0.6) is 0 Å². The van der Waals surface area contributed by atoms with E-state index < -0.39 is 17.6 Å². The van der Waals surface area contributed by atoms with Crippen LogP contribution in [0.4, 0.5) is 56.9 Å². The van der Waals surface area contributed by atoms with Crippen molar-refractivity contribution in [3.05, 3.63) is 320 Å². The summed E-state index contributed by atoms with van der Waals surface area (Å²) in [4.78, 5) is 28.5. The van der Waals surface area contributed by atoms with E-state index in [9.17, 15) is 22.0 Å². The van der Waals surface area contributed by atoms with Crippen LogP contribution in [0.3, 0.4) is 0 Å². The molecule has 0 atom stereocenters. The second-order valence-corrected chi connectivity index (χ2v) is 40.1. The summed E-state index contributed by atoms with van der Waals surface area (Å²) in [6.07, 6.45) is 37.1. The van der Waals surface area contributed by atoms with Gasteiger partial charge >= 0.3 is 6.18 Å². The Bertz CT molecular complexity index is 7300. The second kappa shape index (κ2) is 43.8. The van der Waals surface area contributed by atoms with Gasteiger partial charge in [-0.15, -0.1) is 0 Å². The maximum Gasteiger partial charge on any atom is 0.416 e. The molecule has 0 radical (unpaired) electrons. The first kappa shape index (κ1) is 95.9. The molecular formula is C110H107Br2Cl4F5N18. The van der Waals surface area contributed by atoms with Gasteiger partial charge in [-0.25, -0.2) is 38.7 Å². The van der Waals surface area contributed by atoms with Gasteiger partial charge in [-0.1, -0.05) is 240 Å². The first-order chi connectivity index (χ1) is 67.7. The van der Waals surface area contributed by atoms with Gasteiger partial charge in [0.25, 0.3) is 0 Å². The number of aromatic nitrogens is 12. The van der Waals surface area contributed by atoms with Gasteiger partial charge in [0.1, 0.15) is 115 Å². The zero-order valence-electron chi connectivity index (χ0n) is 76.9. The number of alkyl halides is 3. The molecule has 24 rings (SSSR count). The summed E-state index contributed by atoms with van der Waals surface area (Å²) < 4.78 is 81.7. The van der Waals surface area contributed by atoms with Crippen molar-refractivity contribution in [2.45, 2.75) is 203 Å². The molecule has 0 spiro atoms. The molecule has 139 heavy (non-hydrogen) atoms. The van der Waals surface area contributed by atoms with Crippen LogP contribution < -0.4 is 31.9 Å². The van der Waals surface area contributed by atoms with Crippen LogP contribution in [0.15, 0.2) is 277 Å². The molecule has 6 fully saturated rings. The number of halogens is 11. The van der Waals surface area contributed by atoms with E-state index in [1.54, 1.807) is 31.2 Å². The van der Waals surface area contributed by atoms with Crippen molar-refractivity contribution >= 4 is 147 Å². The zero-order valence-corrected chi connectivity index (χ0v) is 83.1. The fraction of sp³-hybridized carbons (Fsp3) is 0.291. The van der Waals surface area contributed by atoms with Crippen molar-refractivity contribution in [3.63, 3.8) is 0 Å². The number of benzene rings is 6. The Morgan fingerprint density at radius 3 is 0.950 bits per heavy atom. The Balaban J connectivity index is 0.000000106. The molecule has 12 heterocycles. The summed E-state index contributed by atoms with van der Waals surface area (Å²) in [5, 5.41) is 23.7. The van der Waals surface area contributed by atoms with Crippen molar-refractivity contribution < 1.29 is 22.0 Å². The number of hydrogen-bond donors (Lipinski definition) is 6. The third-order valence-electron chi connectivity index (χ3n) is 27.0. The molecule has 6 N–H and O–H groups in total. The lowest BCUT2D eigenvalue weighted by molar-refractivity contribution is -0.137. The second-order valence-electron chi connectivity index (χ2n) is 36.6. The highest BCUT2D eigenvalue weighted by molar-refractivity contribution is 9.10. The van der Waals surface area contributed by atoms with E-state index in [1.807, 2.05) is 147 Å². The Hall–Kier alpha value is -12.0. The minimum Gasteiger partial charge on any atom is -0.367 e. The standard InChI is InChI=1S/C19H19ClFN3.C19H18F3N3.2C18H18BrN3.C18H17Cl2N3.C18H17ClFN3/c1-12-9-10-14(20)16(17(12)21)18-19(22-13-6-2-3-7-13)24-11-5-4-8-15(24)23-18;20-19(21,22)14-10-8-13(9-11-14)17-18(23-15-5-1-2-6-15)25-12-4-3-7-16(25)24-17;19-14-7-5-6-13(12-14)17-18(20-15-8-1-2-9-15)22-11-4-3-10-16(22)21-17;19-14-10-8-13(9-11-14)17-18(20-15-5-1-2-6-15)22-12-4-3-7-16(22)21-17;19-12-8-9-14(15(20)11-12)17-18(21-13-5-1-2-6-13)23-10-4-3-7-16(23)22-17;19-14-9-8-12(11-15(14)20)17-18(21-13-5-1-2-6-13)23-10-4-3-7-16(23)22-17/h4-5,8-11,13,22H,2-3,6-7H2,1H3;3-4,7-12,15,23H,1-2,5-6H2;3-7,10-12,15,20H,1-2,8-9H2;3-4,7-12,15,20H,1-2,5-6H2;2*3-4,7-11,13,21H,1-2,5-6H2. The number of rotatable bonds is 18. The third kappa shape index (κ3) is 22.3. The van der Waals surface area contributed by atoms with Crippen LogP contribution in [0.1, 0.15) is 165 Å². The lowest BCUT2D eigenvalue weighted by Gasteiger charge is -2.15. The van der Waals surface area contributed by atoms with Crippen molar-refractivity contribution in [2.24, 2.45) is 0 Å². The van der Waals surface area contributed by atoms with Crippen molar-refractivity contribution in [2.75, 3.05) is 31.9 Å². The van der Waals surface area contributed by atoms with Gasteiger partial charge < -0.3 is 31.9 Å². The van der Waals surface area contributed by atoms with E-state index in [4.69, 9.17) is 61.4 Å². The van der Waals surface area contributed by atoms with E-state index in [0.29, 0.717) is 79.4 Å². The number of anilines is 6. The monoisotopic (exact) mass is 2070 g/mol. The first-order valence-corrected chi connectivity index (χ1v) is 51.3. The molecule has 6 saturated carbocycles. The molecule has 0 unspecified atom stereocenters. The number of aryl methyl sites for hydroxylation is 1. The minimum absolute atomic E-state index is 0.128. The number of imidazole rings is 6. The Kier molecular flexibility index (Phi) is 30.2. The average molecular weight is 2080 g/mol. The van der Waals surface area contributed by atoms with Crippen LogP contribution in [0.2, 0.25) is 20.1 Å². The van der Waals surface area contributed by atoms with Crippen LogP contribution in [-0.4, -0.2) is 92.6 Å². The molecular weight excluding hydrogens is 1970 g/mol. The fourth-order valence-electron chi connectivity index (χ4n) is 19.8. The molecule has 0 aliphatic heterocycles. The van der Waals surface area contributed by atoms with Gasteiger partial charge in [0, 0.05) is 115 Å². The van der Waals surface area contributed by atoms with Crippen molar-refractivity contribution in [1.82, 2.24) is 56.3 Å². The van der Waals surface area contributed by atoms with E-state index in [0.717, 1.165) is 173 Å². The molecule has 6 aliphatic rings. The van der Waals surface area contributed by atoms with Gasteiger partial charge in [-0.05, 0) is 235 Å².